The Labute approximate surface area is 61.3 Å². The first-order valence-corrected chi connectivity index (χ1v) is 3.71. The second kappa shape index (κ2) is 3.52. The van der Waals surface area contributed by atoms with Crippen LogP contribution in [0.25, 0.3) is 0 Å². The third kappa shape index (κ3) is 1.67. The van der Waals surface area contributed by atoms with Crippen LogP contribution in [0.5, 0.6) is 0 Å². The summed E-state index contributed by atoms with van der Waals surface area (Å²) in [5, 5.41) is 3.14. The van der Waals surface area contributed by atoms with Crippen molar-refractivity contribution < 1.29 is 4.79 Å². The van der Waals surface area contributed by atoms with Gasteiger partial charge >= 0.3 is 0 Å². The van der Waals surface area contributed by atoms with Gasteiger partial charge in [-0.3, -0.25) is 4.79 Å². The molecule has 0 aromatic rings. The molecule has 2 nitrogen and oxygen atoms in total. The second-order valence-electron chi connectivity index (χ2n) is 2.61. The highest BCUT2D eigenvalue weighted by molar-refractivity contribution is 5.85. The van der Waals surface area contributed by atoms with Gasteiger partial charge in [-0.1, -0.05) is 6.08 Å². The van der Waals surface area contributed by atoms with Gasteiger partial charge in [0.15, 0.2) is 5.78 Å². The molecule has 0 unspecified atom stereocenters. The van der Waals surface area contributed by atoms with Crippen molar-refractivity contribution in [1.82, 2.24) is 5.32 Å². The Balaban J connectivity index is 2.32. The van der Waals surface area contributed by atoms with Gasteiger partial charge in [0, 0.05) is 6.42 Å². The Morgan fingerprint density at radius 3 is 3.10 bits per heavy atom. The number of carbonyl (C=O) groups is 1. The maximum absolute atomic E-state index is 11.1. The molecule has 1 atom stereocenters. The normalized spacial score (nSPS) is 24.6. The molecule has 1 aliphatic heterocycles. The molecule has 0 aromatic carbocycles. The fourth-order valence-corrected chi connectivity index (χ4v) is 1.24. The number of hydrogen-bond acceptors (Lipinski definition) is 2. The summed E-state index contributed by atoms with van der Waals surface area (Å²) in [7, 11) is 0. The van der Waals surface area contributed by atoms with Crippen LogP contribution in [0.3, 0.4) is 0 Å². The van der Waals surface area contributed by atoms with Gasteiger partial charge in [-0.05, 0) is 19.4 Å². The van der Waals surface area contributed by atoms with E-state index in [0.29, 0.717) is 6.42 Å². The summed E-state index contributed by atoms with van der Waals surface area (Å²) in [5.41, 5.74) is 0. The zero-order chi connectivity index (χ0) is 7.40. The van der Waals surface area contributed by atoms with Crippen LogP contribution in [0.1, 0.15) is 19.3 Å². The molecule has 0 amide bonds. The van der Waals surface area contributed by atoms with Crippen LogP contribution >= 0.6 is 0 Å². The SMILES string of the molecule is C=CCC(=O)[C@H]1CCCN1. The number of ketones is 1. The van der Waals surface area contributed by atoms with Gasteiger partial charge in [-0.25, -0.2) is 0 Å². The van der Waals surface area contributed by atoms with Gasteiger partial charge in [0.25, 0.3) is 0 Å². The molecule has 1 rings (SSSR count). The van der Waals surface area contributed by atoms with E-state index in [4.69, 9.17) is 0 Å². The van der Waals surface area contributed by atoms with Gasteiger partial charge in [0.1, 0.15) is 0 Å². The van der Waals surface area contributed by atoms with Crippen molar-refractivity contribution in [1.29, 1.82) is 0 Å². The summed E-state index contributed by atoms with van der Waals surface area (Å²) < 4.78 is 0. The minimum Gasteiger partial charge on any atom is -0.307 e. The highest BCUT2D eigenvalue weighted by atomic mass is 16.1. The predicted octanol–water partition coefficient (Wildman–Crippen LogP) is 0.884. The molecule has 0 aromatic heterocycles. The maximum atomic E-state index is 11.1. The number of allylic oxidation sites excluding steroid dienone is 1. The average molecular weight is 139 g/mol. The molecule has 0 spiro atoms. The monoisotopic (exact) mass is 139 g/mol. The first-order chi connectivity index (χ1) is 4.84. The molecule has 1 N–H and O–H groups in total. The number of Topliss-reactive ketones (excluding diaryl/α,β-unsaturated/α-hetero) is 1. The smallest absolute Gasteiger partial charge is 0.153 e. The van der Waals surface area contributed by atoms with Crippen molar-refractivity contribution in [3.8, 4) is 0 Å². The van der Waals surface area contributed by atoms with Gasteiger partial charge in [0.2, 0.25) is 0 Å². The summed E-state index contributed by atoms with van der Waals surface area (Å²) in [6, 6.07) is 0.123. The molecule has 56 valence electrons. The maximum Gasteiger partial charge on any atom is 0.153 e. The Bertz CT molecular complexity index is 136. The van der Waals surface area contributed by atoms with E-state index in [1.807, 2.05) is 0 Å². The Kier molecular flexibility index (Phi) is 2.63. The van der Waals surface area contributed by atoms with Gasteiger partial charge in [-0.2, -0.15) is 0 Å². The third-order valence-electron chi connectivity index (χ3n) is 1.79. The van der Waals surface area contributed by atoms with E-state index in [1.165, 1.54) is 0 Å². The quantitative estimate of drug-likeness (QED) is 0.588. The van der Waals surface area contributed by atoms with Gasteiger partial charge < -0.3 is 5.32 Å². The fourth-order valence-electron chi connectivity index (χ4n) is 1.24. The van der Waals surface area contributed by atoms with E-state index in [1.54, 1.807) is 6.08 Å². The highest BCUT2D eigenvalue weighted by Crippen LogP contribution is 2.07. The Morgan fingerprint density at radius 1 is 1.80 bits per heavy atom. The second-order valence-corrected chi connectivity index (χ2v) is 2.61. The van der Waals surface area contributed by atoms with Crippen LogP contribution in [0, 0.1) is 0 Å². The summed E-state index contributed by atoms with van der Waals surface area (Å²) >= 11 is 0. The van der Waals surface area contributed by atoms with Crippen molar-refractivity contribution in [2.24, 2.45) is 0 Å². The number of hydrogen-bond donors (Lipinski definition) is 1. The third-order valence-corrected chi connectivity index (χ3v) is 1.79. The van der Waals surface area contributed by atoms with E-state index in [-0.39, 0.29) is 11.8 Å². The molecule has 1 saturated heterocycles. The lowest BCUT2D eigenvalue weighted by atomic mass is 10.1. The van der Waals surface area contributed by atoms with E-state index in [9.17, 15) is 4.79 Å². The minimum absolute atomic E-state index is 0.123. The lowest BCUT2D eigenvalue weighted by molar-refractivity contribution is -0.119. The van der Waals surface area contributed by atoms with Crippen LogP contribution < -0.4 is 5.32 Å². The van der Waals surface area contributed by atoms with Crippen LogP contribution in [-0.4, -0.2) is 18.4 Å². The average Bonchev–Trinajstić information content (AvgIpc) is 2.38. The molecule has 10 heavy (non-hydrogen) atoms. The summed E-state index contributed by atoms with van der Waals surface area (Å²) in [6.45, 7) is 4.52. The fraction of sp³-hybridized carbons (Fsp3) is 0.625. The summed E-state index contributed by atoms with van der Waals surface area (Å²) in [6.07, 6.45) is 4.32. The highest BCUT2D eigenvalue weighted by Gasteiger charge is 2.19. The van der Waals surface area contributed by atoms with Crippen molar-refractivity contribution in [2.45, 2.75) is 25.3 Å². The molecule has 0 bridgehead atoms. The molecule has 0 saturated carbocycles. The lowest BCUT2D eigenvalue weighted by Crippen LogP contribution is -2.30. The summed E-state index contributed by atoms with van der Waals surface area (Å²) in [4.78, 5) is 11.1. The first kappa shape index (κ1) is 7.48. The topological polar surface area (TPSA) is 29.1 Å². The number of nitrogens with one attached hydrogen (secondary N) is 1. The van der Waals surface area contributed by atoms with E-state index in [0.717, 1.165) is 19.4 Å². The van der Waals surface area contributed by atoms with Crippen molar-refractivity contribution in [3.63, 3.8) is 0 Å². The van der Waals surface area contributed by atoms with Crippen LogP contribution in [-0.2, 0) is 4.79 Å². The molecule has 0 aliphatic carbocycles. The number of carbonyl (C=O) groups excluding carboxylic acids is 1. The molecule has 1 aliphatic rings. The van der Waals surface area contributed by atoms with Crippen LogP contribution in [0.2, 0.25) is 0 Å². The van der Waals surface area contributed by atoms with Gasteiger partial charge in [-0.15, -0.1) is 6.58 Å². The zero-order valence-electron chi connectivity index (χ0n) is 6.10. The summed E-state index contributed by atoms with van der Waals surface area (Å²) in [5.74, 6) is 0.285. The van der Waals surface area contributed by atoms with Crippen molar-refractivity contribution in [2.75, 3.05) is 6.54 Å². The molecule has 1 fully saturated rings. The largest absolute Gasteiger partial charge is 0.307 e. The van der Waals surface area contributed by atoms with E-state index < -0.39 is 0 Å². The molecule has 0 radical (unpaired) electrons. The zero-order valence-corrected chi connectivity index (χ0v) is 6.10. The molecule has 2 heteroatoms. The van der Waals surface area contributed by atoms with Crippen LogP contribution in [0.4, 0.5) is 0 Å². The van der Waals surface area contributed by atoms with E-state index >= 15 is 0 Å². The first-order valence-electron chi connectivity index (χ1n) is 3.71. The molecule has 1 heterocycles. The lowest BCUT2D eigenvalue weighted by Gasteiger charge is -2.05. The van der Waals surface area contributed by atoms with Crippen molar-refractivity contribution >= 4 is 5.78 Å². The minimum atomic E-state index is 0.123. The molecular formula is C8H13NO. The Hall–Kier alpha value is -0.630. The van der Waals surface area contributed by atoms with E-state index in [2.05, 4.69) is 11.9 Å². The van der Waals surface area contributed by atoms with Crippen molar-refractivity contribution in [3.05, 3.63) is 12.7 Å². The van der Waals surface area contributed by atoms with Gasteiger partial charge in [0.05, 0.1) is 6.04 Å². The Morgan fingerprint density at radius 2 is 2.60 bits per heavy atom. The van der Waals surface area contributed by atoms with Crippen LogP contribution in [0.15, 0.2) is 12.7 Å². The predicted molar refractivity (Wildman–Crippen MR) is 40.8 cm³/mol. The standard InChI is InChI=1S/C8H13NO/c1-2-4-8(10)7-5-3-6-9-7/h2,7,9H,1,3-6H2/t7-/m1/s1. The molecular weight excluding hydrogens is 126 g/mol. The number of rotatable bonds is 3.